The number of thioether (sulfide) groups is 1. The van der Waals surface area contributed by atoms with E-state index in [-0.39, 0.29) is 67.3 Å². The Bertz CT molecular complexity index is 456. The van der Waals surface area contributed by atoms with Crippen molar-refractivity contribution in [1.29, 1.82) is 5.26 Å². The van der Waals surface area contributed by atoms with E-state index in [0.717, 1.165) is 11.8 Å². The van der Waals surface area contributed by atoms with Gasteiger partial charge in [0.1, 0.15) is 0 Å². The average molecular weight is 309 g/mol. The van der Waals surface area contributed by atoms with Gasteiger partial charge in [-0.25, -0.2) is 0 Å². The largest absolute Gasteiger partial charge is 1.00 e. The van der Waals surface area contributed by atoms with Crippen molar-refractivity contribution in [3.8, 4) is 6.19 Å². The third-order valence-corrected chi connectivity index (χ3v) is 3.08. The topological polar surface area (TPSA) is 53.2 Å². The standard InChI is InChI=1S/C10H7ClN2OS2.K/c11-8-3-1-7(2-4-8)9(14)5-16-10(15)13-6-12;/h1-4H,5H2,(H,13,15);/q;+1/p-1. The maximum Gasteiger partial charge on any atom is 1.00 e. The van der Waals surface area contributed by atoms with Crippen molar-refractivity contribution in [2.45, 2.75) is 0 Å². The van der Waals surface area contributed by atoms with Crippen LogP contribution in [0.2, 0.25) is 5.02 Å². The minimum atomic E-state index is -0.0721. The molecule has 0 aliphatic heterocycles. The molecular formula is C10H6ClKN2OS2. The number of carbonyl (C=O) groups is 1. The summed E-state index contributed by atoms with van der Waals surface area (Å²) in [6, 6.07) is 6.60. The minimum absolute atomic E-state index is 0. The third-order valence-electron chi connectivity index (χ3n) is 1.63. The first-order chi connectivity index (χ1) is 7.63. The van der Waals surface area contributed by atoms with Gasteiger partial charge < -0.3 is 12.6 Å². The summed E-state index contributed by atoms with van der Waals surface area (Å²) in [6.07, 6.45) is 1.57. The molecule has 0 heterocycles. The molecule has 0 unspecified atom stereocenters. The van der Waals surface area contributed by atoms with Crippen molar-refractivity contribution < 1.29 is 56.2 Å². The van der Waals surface area contributed by atoms with Crippen LogP contribution >= 0.6 is 23.4 Å². The zero-order chi connectivity index (χ0) is 12.0. The molecule has 0 amide bonds. The molecule has 0 bridgehead atoms. The normalized spacial score (nSPS) is 10.2. The fraction of sp³-hybridized carbons (Fsp3) is 0.100. The Morgan fingerprint density at radius 1 is 1.47 bits per heavy atom. The number of nitrogens with zero attached hydrogens (tertiary/aromatic N) is 2. The molecule has 0 aliphatic rings. The van der Waals surface area contributed by atoms with Crippen molar-refractivity contribution in [2.75, 3.05) is 5.75 Å². The molecule has 1 rings (SSSR count). The van der Waals surface area contributed by atoms with Crippen LogP contribution in [0.5, 0.6) is 0 Å². The second kappa shape index (κ2) is 9.47. The van der Waals surface area contributed by atoms with E-state index in [2.05, 4.69) is 4.99 Å². The van der Waals surface area contributed by atoms with Gasteiger partial charge in [0.05, 0.1) is 5.75 Å². The molecule has 0 aliphatic carbocycles. The Balaban J connectivity index is 0.00000256. The summed E-state index contributed by atoms with van der Waals surface area (Å²) >= 11 is 11.5. The SMILES string of the molecule is N#CN=C([S-])SCC(=O)c1ccc(Cl)cc1.[K+]. The number of rotatable bonds is 3. The Morgan fingerprint density at radius 3 is 2.59 bits per heavy atom. The van der Waals surface area contributed by atoms with Crippen LogP contribution in [0, 0.1) is 11.5 Å². The van der Waals surface area contributed by atoms with E-state index in [0.29, 0.717) is 10.6 Å². The molecule has 82 valence electrons. The molecule has 0 spiro atoms. The quantitative estimate of drug-likeness (QED) is 0.191. The van der Waals surface area contributed by atoms with Crippen molar-refractivity contribution >= 4 is 46.2 Å². The molecule has 0 fully saturated rings. The number of hydrogen-bond acceptors (Lipinski definition) is 5. The number of carbonyl (C=O) groups excluding carboxylic acids is 1. The number of Topliss-reactive ketones (excluding diaryl/α,β-unsaturated/α-hetero) is 1. The van der Waals surface area contributed by atoms with Crippen molar-refractivity contribution in [3.63, 3.8) is 0 Å². The molecule has 0 atom stereocenters. The fourth-order valence-electron chi connectivity index (χ4n) is 0.919. The van der Waals surface area contributed by atoms with Gasteiger partial charge >= 0.3 is 51.4 Å². The molecule has 7 heteroatoms. The second-order valence-electron chi connectivity index (χ2n) is 2.70. The molecule has 0 saturated heterocycles. The van der Waals surface area contributed by atoms with Gasteiger partial charge in [0.2, 0.25) is 6.19 Å². The van der Waals surface area contributed by atoms with Crippen LogP contribution in [-0.2, 0) is 12.6 Å². The van der Waals surface area contributed by atoms with Crippen molar-refractivity contribution in [3.05, 3.63) is 34.9 Å². The maximum atomic E-state index is 11.6. The maximum absolute atomic E-state index is 11.6. The number of nitriles is 1. The molecule has 0 saturated carbocycles. The summed E-state index contributed by atoms with van der Waals surface area (Å²) < 4.78 is 0.171. The summed E-state index contributed by atoms with van der Waals surface area (Å²) in [6.45, 7) is 0. The molecule has 3 nitrogen and oxygen atoms in total. The van der Waals surface area contributed by atoms with Gasteiger partial charge in [0, 0.05) is 10.6 Å². The Labute approximate surface area is 157 Å². The molecule has 0 radical (unpaired) electrons. The summed E-state index contributed by atoms with van der Waals surface area (Å²) in [5.74, 6) is 0.100. The van der Waals surface area contributed by atoms with Gasteiger partial charge in [0.25, 0.3) is 0 Å². The Morgan fingerprint density at radius 2 is 2.06 bits per heavy atom. The Kier molecular flexibility index (Phi) is 9.78. The first-order valence-corrected chi connectivity index (χ1v) is 5.96. The van der Waals surface area contributed by atoms with E-state index in [1.54, 1.807) is 30.5 Å². The van der Waals surface area contributed by atoms with Crippen LogP contribution in [0.1, 0.15) is 10.4 Å². The van der Waals surface area contributed by atoms with Gasteiger partial charge in [-0.1, -0.05) is 11.6 Å². The predicted molar refractivity (Wildman–Crippen MR) is 68.7 cm³/mol. The van der Waals surface area contributed by atoms with E-state index < -0.39 is 0 Å². The van der Waals surface area contributed by atoms with Crippen LogP contribution in [0.25, 0.3) is 0 Å². The summed E-state index contributed by atoms with van der Waals surface area (Å²) in [5, 5.41) is 8.81. The fourth-order valence-corrected chi connectivity index (χ4v) is 1.79. The number of hydrogen-bond donors (Lipinski definition) is 0. The average Bonchev–Trinajstić information content (AvgIpc) is 2.27. The third kappa shape index (κ3) is 6.89. The minimum Gasteiger partial charge on any atom is -0.752 e. The number of benzene rings is 1. The zero-order valence-corrected chi connectivity index (χ0v) is 14.5. The van der Waals surface area contributed by atoms with Gasteiger partial charge in [-0.15, -0.1) is 11.8 Å². The van der Waals surface area contributed by atoms with Crippen LogP contribution in [-0.4, -0.2) is 15.9 Å². The Hall–Kier alpha value is 0.546. The summed E-state index contributed by atoms with van der Waals surface area (Å²) in [4.78, 5) is 14.9. The van der Waals surface area contributed by atoms with Crippen LogP contribution in [0.15, 0.2) is 29.3 Å². The summed E-state index contributed by atoms with van der Waals surface area (Å²) in [7, 11) is 0. The van der Waals surface area contributed by atoms with Crippen molar-refractivity contribution in [2.24, 2.45) is 4.99 Å². The number of ketones is 1. The molecule has 0 aromatic heterocycles. The van der Waals surface area contributed by atoms with Crippen LogP contribution in [0.4, 0.5) is 0 Å². The van der Waals surface area contributed by atoms with E-state index in [9.17, 15) is 4.79 Å². The number of aliphatic imine (C=N–C) groups is 1. The predicted octanol–water partition coefficient (Wildman–Crippen LogP) is -0.356. The zero-order valence-electron chi connectivity index (χ0n) is 9.01. The van der Waals surface area contributed by atoms with Crippen LogP contribution < -0.4 is 51.4 Å². The van der Waals surface area contributed by atoms with E-state index >= 15 is 0 Å². The second-order valence-corrected chi connectivity index (χ2v) is 4.74. The van der Waals surface area contributed by atoms with Crippen molar-refractivity contribution in [1.82, 2.24) is 0 Å². The van der Waals surface area contributed by atoms with E-state index in [1.807, 2.05) is 0 Å². The van der Waals surface area contributed by atoms with E-state index in [1.165, 1.54) is 0 Å². The van der Waals surface area contributed by atoms with Crippen LogP contribution in [0.3, 0.4) is 0 Å². The first-order valence-electron chi connectivity index (χ1n) is 4.19. The van der Waals surface area contributed by atoms with Gasteiger partial charge in [-0.3, -0.25) is 4.79 Å². The molecule has 0 N–H and O–H groups in total. The monoisotopic (exact) mass is 308 g/mol. The first kappa shape index (κ1) is 17.5. The van der Waals surface area contributed by atoms with Gasteiger partial charge in [-0.2, -0.15) is 10.3 Å². The molecule has 17 heavy (non-hydrogen) atoms. The van der Waals surface area contributed by atoms with E-state index in [4.69, 9.17) is 29.5 Å². The van der Waals surface area contributed by atoms with Gasteiger partial charge in [0.15, 0.2) is 5.78 Å². The smallest absolute Gasteiger partial charge is 0.752 e. The molecule has 1 aromatic carbocycles. The summed E-state index contributed by atoms with van der Waals surface area (Å²) in [5.41, 5.74) is 0.566. The van der Waals surface area contributed by atoms with Gasteiger partial charge in [-0.05, 0) is 28.6 Å². The molecular weight excluding hydrogens is 303 g/mol. The number of halogens is 1. The molecule has 1 aromatic rings.